The fourth-order valence-electron chi connectivity index (χ4n) is 6.98. The van der Waals surface area contributed by atoms with Crippen LogP contribution >= 0.6 is 0 Å². The predicted molar refractivity (Wildman–Crippen MR) is 81.6 cm³/mol. The number of rotatable bonds is 0. The number of carbonyl (C=O) groups is 1. The molecule has 0 amide bonds. The van der Waals surface area contributed by atoms with Gasteiger partial charge >= 0.3 is 0 Å². The lowest BCUT2D eigenvalue weighted by molar-refractivity contribution is -0.140. The monoisotopic (exact) mass is 292 g/mol. The summed E-state index contributed by atoms with van der Waals surface area (Å²) in [4.78, 5) is 12.4. The van der Waals surface area contributed by atoms with Crippen LogP contribution in [0.4, 0.5) is 4.39 Å². The van der Waals surface area contributed by atoms with Gasteiger partial charge in [-0.3, -0.25) is 4.79 Å². The van der Waals surface area contributed by atoms with Gasteiger partial charge in [-0.1, -0.05) is 13.8 Å². The summed E-state index contributed by atoms with van der Waals surface area (Å²) in [6.07, 6.45) is 8.83. The van der Waals surface area contributed by atoms with Crippen LogP contribution in [0, 0.1) is 34.5 Å². The average Bonchev–Trinajstić information content (AvgIpc) is 2.76. The molecule has 1 nitrogen and oxygen atoms in total. The number of halogens is 1. The van der Waals surface area contributed by atoms with Crippen LogP contribution in [-0.2, 0) is 4.79 Å². The van der Waals surface area contributed by atoms with E-state index < -0.39 is 6.17 Å². The molecule has 118 valence electrons. The van der Waals surface area contributed by atoms with E-state index in [1.807, 2.05) is 0 Å². The summed E-state index contributed by atoms with van der Waals surface area (Å²) in [6.45, 7) is 4.70. The highest BCUT2D eigenvalue weighted by Gasteiger charge is 2.60. The van der Waals surface area contributed by atoms with Crippen molar-refractivity contribution < 1.29 is 9.18 Å². The van der Waals surface area contributed by atoms with Crippen molar-refractivity contribution in [1.29, 1.82) is 0 Å². The molecule has 4 saturated carbocycles. The summed E-state index contributed by atoms with van der Waals surface area (Å²) >= 11 is 0. The second kappa shape index (κ2) is 4.55. The molecule has 0 aromatic rings. The zero-order valence-corrected chi connectivity index (χ0v) is 13.5. The Kier molecular flexibility index (Phi) is 3.08. The molecule has 2 heteroatoms. The van der Waals surface area contributed by atoms with Gasteiger partial charge in [0.15, 0.2) is 0 Å². The van der Waals surface area contributed by atoms with Gasteiger partial charge in [-0.05, 0) is 80.5 Å². The van der Waals surface area contributed by atoms with Crippen molar-refractivity contribution in [2.24, 2.45) is 34.5 Å². The van der Waals surface area contributed by atoms with E-state index in [-0.39, 0.29) is 5.41 Å². The number of ketones is 1. The molecule has 1 unspecified atom stereocenters. The molecule has 4 aliphatic carbocycles. The molecule has 4 rings (SSSR count). The summed E-state index contributed by atoms with van der Waals surface area (Å²) < 4.78 is 13.8. The summed E-state index contributed by atoms with van der Waals surface area (Å²) in [7, 11) is 0. The topological polar surface area (TPSA) is 17.1 Å². The number of alkyl halides is 1. The molecule has 0 aromatic carbocycles. The van der Waals surface area contributed by atoms with Crippen molar-refractivity contribution in [2.45, 2.75) is 77.8 Å². The largest absolute Gasteiger partial charge is 0.299 e. The molecule has 21 heavy (non-hydrogen) atoms. The minimum absolute atomic E-state index is 0.0122. The normalized spacial score (nSPS) is 56.5. The van der Waals surface area contributed by atoms with Gasteiger partial charge in [0, 0.05) is 11.8 Å². The molecule has 4 fully saturated rings. The predicted octanol–water partition coefficient (Wildman–Crippen LogP) is 4.94. The first-order valence-corrected chi connectivity index (χ1v) is 9.12. The highest BCUT2D eigenvalue weighted by molar-refractivity contribution is 5.87. The maximum atomic E-state index is 13.8. The molecule has 0 radical (unpaired) electrons. The summed E-state index contributed by atoms with van der Waals surface area (Å²) in [6, 6.07) is 0. The summed E-state index contributed by atoms with van der Waals surface area (Å²) in [5.41, 5.74) is 0.347. The molecular formula is C19H29FO. The quantitative estimate of drug-likeness (QED) is 0.618. The number of hydrogen-bond acceptors (Lipinski definition) is 1. The van der Waals surface area contributed by atoms with Crippen molar-refractivity contribution in [1.82, 2.24) is 0 Å². The lowest BCUT2D eigenvalue weighted by Gasteiger charge is -2.59. The Balaban J connectivity index is 1.64. The SMILES string of the molecule is C[C@]12CC[C@@H](F)CC1CC[C@@H]1[C@@H]2CC[C@]2(C)C(=O)CC[C@@H]12. The van der Waals surface area contributed by atoms with E-state index in [1.165, 1.54) is 19.3 Å². The van der Waals surface area contributed by atoms with Gasteiger partial charge in [-0.2, -0.15) is 0 Å². The Morgan fingerprint density at radius 2 is 1.81 bits per heavy atom. The van der Waals surface area contributed by atoms with E-state index in [0.29, 0.717) is 23.0 Å². The smallest absolute Gasteiger partial charge is 0.139 e. The molecule has 0 heterocycles. The first-order chi connectivity index (χ1) is 9.95. The number of fused-ring (bicyclic) bond motifs is 5. The zero-order valence-electron chi connectivity index (χ0n) is 13.5. The first-order valence-electron chi connectivity index (χ1n) is 9.12. The van der Waals surface area contributed by atoms with Crippen molar-refractivity contribution in [3.05, 3.63) is 0 Å². The molecule has 0 aliphatic heterocycles. The van der Waals surface area contributed by atoms with Crippen LogP contribution in [0.15, 0.2) is 0 Å². The minimum atomic E-state index is -0.554. The lowest BCUT2D eigenvalue weighted by Crippen LogP contribution is -2.53. The van der Waals surface area contributed by atoms with Crippen LogP contribution in [0.1, 0.15) is 71.6 Å². The van der Waals surface area contributed by atoms with E-state index in [0.717, 1.165) is 50.4 Å². The van der Waals surface area contributed by atoms with Gasteiger partial charge < -0.3 is 0 Å². The van der Waals surface area contributed by atoms with Gasteiger partial charge in [0.2, 0.25) is 0 Å². The second-order valence-corrected chi connectivity index (χ2v) is 8.95. The van der Waals surface area contributed by atoms with Gasteiger partial charge in [-0.25, -0.2) is 4.39 Å². The zero-order chi connectivity index (χ0) is 14.8. The molecular weight excluding hydrogens is 263 g/mol. The van der Waals surface area contributed by atoms with Crippen LogP contribution in [-0.4, -0.2) is 12.0 Å². The fraction of sp³-hybridized carbons (Fsp3) is 0.947. The Morgan fingerprint density at radius 3 is 2.62 bits per heavy atom. The van der Waals surface area contributed by atoms with Crippen molar-refractivity contribution >= 4 is 5.78 Å². The Morgan fingerprint density at radius 1 is 1.00 bits per heavy atom. The minimum Gasteiger partial charge on any atom is -0.299 e. The highest BCUT2D eigenvalue weighted by atomic mass is 19.1. The van der Waals surface area contributed by atoms with Gasteiger partial charge in [0.1, 0.15) is 12.0 Å². The maximum absolute atomic E-state index is 13.8. The van der Waals surface area contributed by atoms with Crippen molar-refractivity contribution in [2.75, 3.05) is 0 Å². The molecule has 0 saturated heterocycles. The molecule has 4 aliphatic rings. The van der Waals surface area contributed by atoms with E-state index in [4.69, 9.17) is 0 Å². The molecule has 0 spiro atoms. The summed E-state index contributed by atoms with van der Waals surface area (Å²) in [5.74, 6) is 3.26. The summed E-state index contributed by atoms with van der Waals surface area (Å²) in [5, 5.41) is 0. The van der Waals surface area contributed by atoms with E-state index >= 15 is 0 Å². The average molecular weight is 292 g/mol. The first kappa shape index (κ1) is 14.2. The van der Waals surface area contributed by atoms with Crippen LogP contribution in [0.2, 0.25) is 0 Å². The maximum Gasteiger partial charge on any atom is 0.139 e. The number of Topliss-reactive ketones (excluding diaryl/α,β-unsaturated/α-hetero) is 1. The third-order valence-corrected chi connectivity index (χ3v) is 8.31. The fourth-order valence-corrected chi connectivity index (χ4v) is 6.98. The standard InChI is InChI=1S/C19H29FO/c1-18-9-7-13(20)11-12(18)3-4-14-15-5-6-17(21)19(15,2)10-8-16(14)18/h12-16H,3-11H2,1-2H3/t12?,13-,14+,15+,16+,18+,19+/m1/s1. The van der Waals surface area contributed by atoms with E-state index in [1.54, 1.807) is 0 Å². The Hall–Kier alpha value is -0.400. The third-order valence-electron chi connectivity index (χ3n) is 8.31. The van der Waals surface area contributed by atoms with Crippen LogP contribution in [0.25, 0.3) is 0 Å². The molecule has 7 atom stereocenters. The molecule has 0 bridgehead atoms. The Bertz CT molecular complexity index is 460. The van der Waals surface area contributed by atoms with Gasteiger partial charge in [-0.15, -0.1) is 0 Å². The van der Waals surface area contributed by atoms with Crippen molar-refractivity contribution in [3.63, 3.8) is 0 Å². The van der Waals surface area contributed by atoms with Gasteiger partial charge in [0.05, 0.1) is 0 Å². The van der Waals surface area contributed by atoms with Crippen LogP contribution < -0.4 is 0 Å². The van der Waals surface area contributed by atoms with Gasteiger partial charge in [0.25, 0.3) is 0 Å². The van der Waals surface area contributed by atoms with E-state index in [9.17, 15) is 9.18 Å². The second-order valence-electron chi connectivity index (χ2n) is 8.95. The molecule has 0 N–H and O–H groups in total. The van der Waals surface area contributed by atoms with Crippen LogP contribution in [0.5, 0.6) is 0 Å². The van der Waals surface area contributed by atoms with Crippen molar-refractivity contribution in [3.8, 4) is 0 Å². The molecule has 0 aromatic heterocycles. The number of carbonyl (C=O) groups excluding carboxylic acids is 1. The Labute approximate surface area is 128 Å². The van der Waals surface area contributed by atoms with Crippen LogP contribution in [0.3, 0.4) is 0 Å². The van der Waals surface area contributed by atoms with E-state index in [2.05, 4.69) is 13.8 Å². The highest BCUT2D eigenvalue weighted by Crippen LogP contribution is 2.65. The number of hydrogen-bond donors (Lipinski definition) is 0. The lowest BCUT2D eigenvalue weighted by atomic mass is 9.45. The third kappa shape index (κ3) is 1.83.